The molecule has 4 aromatic carbocycles. The van der Waals surface area contributed by atoms with Crippen molar-refractivity contribution in [1.82, 2.24) is 4.90 Å². The van der Waals surface area contributed by atoms with Crippen molar-refractivity contribution in [3.05, 3.63) is 95.1 Å². The van der Waals surface area contributed by atoms with Gasteiger partial charge in [0.05, 0.1) is 65.7 Å². The zero-order valence-electron chi connectivity index (χ0n) is 34.7. The summed E-state index contributed by atoms with van der Waals surface area (Å²) < 4.78 is 47.1. The highest BCUT2D eigenvalue weighted by Gasteiger charge is 2.52. The third-order valence-corrected chi connectivity index (χ3v) is 16.7. The molecule has 1 heterocycles. The van der Waals surface area contributed by atoms with Crippen LogP contribution in [0.25, 0.3) is 0 Å². The molecule has 0 bridgehead atoms. The van der Waals surface area contributed by atoms with Crippen LogP contribution in [0.15, 0.2) is 91.3 Å². The Labute approximate surface area is 348 Å². The summed E-state index contributed by atoms with van der Waals surface area (Å²) in [6.07, 6.45) is 12.0. The van der Waals surface area contributed by atoms with Crippen LogP contribution in [0.5, 0.6) is 11.5 Å². The number of likely N-dealkylation sites (tertiary alicyclic amines) is 1. The number of para-hydroxylation sites is 2. The summed E-state index contributed by atoms with van der Waals surface area (Å²) in [5.74, 6) is 1.70. The maximum atomic E-state index is 13.7. The first-order valence-electron chi connectivity index (χ1n) is 20.5. The summed E-state index contributed by atoms with van der Waals surface area (Å²) in [5.41, 5.74) is 12.4. The van der Waals surface area contributed by atoms with Crippen LogP contribution in [0.4, 0.5) is 22.7 Å². The second kappa shape index (κ2) is 15.7. The smallest absolute Gasteiger partial charge is 0.147 e. The van der Waals surface area contributed by atoms with Crippen LogP contribution in [-0.4, -0.2) is 77.8 Å². The molecule has 4 aliphatic carbocycles. The Morgan fingerprint density at radius 3 is 1.64 bits per heavy atom. The minimum atomic E-state index is -2.74. The van der Waals surface area contributed by atoms with Crippen molar-refractivity contribution in [1.29, 1.82) is 0 Å². The van der Waals surface area contributed by atoms with Gasteiger partial charge in [0, 0.05) is 42.8 Å². The molecule has 0 aromatic heterocycles. The predicted octanol–water partition coefficient (Wildman–Crippen LogP) is 8.15. The molecule has 9 rings (SSSR count). The first-order valence-corrected chi connectivity index (χ1v) is 24.4. The fraction of sp³-hybridized carbons (Fsp3) is 0.435. The highest BCUT2D eigenvalue weighted by molar-refractivity contribution is 7.93. The molecule has 2 spiro atoms. The maximum absolute atomic E-state index is 13.7. The minimum absolute atomic E-state index is 0.254. The number of piperidine rings is 1. The zero-order chi connectivity index (χ0) is 41.7. The van der Waals surface area contributed by atoms with E-state index in [1.807, 2.05) is 54.6 Å². The standard InChI is InChI=1S/C26H33N3O3S.C20H22N2O3S/c1-29-13-9-18(10-14-29)27-22-16-19(15-21-20(22)17-25(30)26(21)11-6-12-26)28-33(3,31)24-8-5-4-7-23(24)32-2;1-25-17-6-3-4-7-18(17)26(2,24)22-13-10-15-14(16(21)11-13)12-19(23)20(15)8-5-9-20/h4-5,7-8,15-16,18,27H,6,9-14,17H2,1-3H3;3-4,6-7,10-11H,5,8-9,12,21H2,1-2H3. The van der Waals surface area contributed by atoms with Gasteiger partial charge >= 0.3 is 0 Å². The molecule has 4 aromatic rings. The molecule has 2 unspecified atom stereocenters. The normalized spacial score (nSPS) is 20.8. The van der Waals surface area contributed by atoms with E-state index in [2.05, 4.69) is 21.6 Å². The van der Waals surface area contributed by atoms with Crippen molar-refractivity contribution in [3.63, 3.8) is 0 Å². The topological polar surface area (TPSA) is 153 Å². The molecule has 3 N–H and O–H groups in total. The number of nitrogens with zero attached hydrogens (tertiary/aromatic N) is 3. The third kappa shape index (κ3) is 7.43. The Hall–Kier alpha value is -4.72. The molecule has 1 aliphatic heterocycles. The van der Waals surface area contributed by atoms with Gasteiger partial charge in [-0.05, 0) is 129 Å². The second-order valence-electron chi connectivity index (χ2n) is 17.0. The lowest BCUT2D eigenvalue weighted by Crippen LogP contribution is -2.39. The maximum Gasteiger partial charge on any atom is 0.147 e. The molecule has 312 valence electrons. The lowest BCUT2D eigenvalue weighted by Gasteiger charge is -2.38. The summed E-state index contributed by atoms with van der Waals surface area (Å²) in [6.45, 7) is 2.12. The van der Waals surface area contributed by atoms with E-state index < -0.39 is 19.5 Å². The fourth-order valence-corrected chi connectivity index (χ4v) is 12.6. The average Bonchev–Trinajstić information content (AvgIpc) is 3.66. The number of ether oxygens (including phenoxy) is 2. The van der Waals surface area contributed by atoms with E-state index in [4.69, 9.17) is 19.6 Å². The van der Waals surface area contributed by atoms with Crippen LogP contribution < -0.4 is 20.5 Å². The van der Waals surface area contributed by atoms with E-state index in [-0.39, 0.29) is 16.6 Å². The molecule has 59 heavy (non-hydrogen) atoms. The SMILES string of the molecule is COc1ccccc1S(C)(=O)=Nc1cc(N)c2c(c1)C1(CCC1)C(=O)C2.COc1ccccc1S(C)(=O)=Nc1cc(NC2CCN(C)CC2)c2c(c1)C1(CCC1)C(=O)C2. The highest BCUT2D eigenvalue weighted by atomic mass is 32.2. The molecule has 11 nitrogen and oxygen atoms in total. The number of Topliss-reactive ketones (excluding diaryl/α,β-unsaturated/α-hetero) is 2. The Morgan fingerprint density at radius 1 is 0.712 bits per heavy atom. The number of rotatable bonds is 8. The number of carbonyl (C=O) groups excluding carboxylic acids is 2. The van der Waals surface area contributed by atoms with Crippen molar-refractivity contribution in [3.8, 4) is 11.5 Å². The summed E-state index contributed by atoms with van der Waals surface area (Å²) in [5, 5.41) is 3.74. The summed E-state index contributed by atoms with van der Waals surface area (Å²) >= 11 is 0. The molecule has 13 heteroatoms. The van der Waals surface area contributed by atoms with Crippen molar-refractivity contribution >= 4 is 53.8 Å². The number of fused-ring (bicyclic) bond motifs is 4. The Bertz CT molecular complexity index is 2590. The second-order valence-corrected chi connectivity index (χ2v) is 21.4. The van der Waals surface area contributed by atoms with Crippen LogP contribution >= 0.6 is 0 Å². The molecule has 2 atom stereocenters. The Kier molecular flexibility index (Phi) is 10.9. The van der Waals surface area contributed by atoms with Crippen molar-refractivity contribution in [2.24, 2.45) is 8.73 Å². The zero-order valence-corrected chi connectivity index (χ0v) is 36.3. The molecule has 5 aliphatic rings. The summed E-state index contributed by atoms with van der Waals surface area (Å²) in [6, 6.07) is 22.6. The van der Waals surface area contributed by atoms with Gasteiger partial charge in [0.15, 0.2) is 0 Å². The number of ketones is 2. The van der Waals surface area contributed by atoms with E-state index in [0.717, 1.165) is 92.4 Å². The number of methoxy groups -OCH3 is 2. The largest absolute Gasteiger partial charge is 0.495 e. The van der Waals surface area contributed by atoms with Crippen LogP contribution in [0, 0.1) is 0 Å². The van der Waals surface area contributed by atoms with E-state index in [1.54, 1.807) is 44.9 Å². The average molecular weight is 838 g/mol. The lowest BCUT2D eigenvalue weighted by atomic mass is 9.64. The van der Waals surface area contributed by atoms with Crippen LogP contribution in [0.1, 0.15) is 73.6 Å². The number of carbonyl (C=O) groups is 2. The molecule has 3 fully saturated rings. The van der Waals surface area contributed by atoms with Gasteiger partial charge in [-0.3, -0.25) is 9.59 Å². The summed E-state index contributed by atoms with van der Waals surface area (Å²) in [7, 11) is -0.173. The molecule has 0 amide bonds. The Balaban J connectivity index is 0.000000169. The number of nitrogen functional groups attached to an aromatic ring is 1. The van der Waals surface area contributed by atoms with Crippen molar-refractivity contribution in [2.45, 2.75) is 90.9 Å². The van der Waals surface area contributed by atoms with Gasteiger partial charge in [0.1, 0.15) is 23.1 Å². The van der Waals surface area contributed by atoms with Gasteiger partial charge in [-0.2, -0.15) is 8.73 Å². The number of benzene rings is 4. The fourth-order valence-electron chi connectivity index (χ4n) is 9.67. The van der Waals surface area contributed by atoms with Crippen molar-refractivity contribution < 1.29 is 27.5 Å². The van der Waals surface area contributed by atoms with Crippen molar-refractivity contribution in [2.75, 3.05) is 57.9 Å². The minimum Gasteiger partial charge on any atom is -0.495 e. The third-order valence-electron chi connectivity index (χ3n) is 13.3. The first kappa shape index (κ1) is 41.0. The van der Waals surface area contributed by atoms with Gasteiger partial charge in [-0.25, -0.2) is 8.42 Å². The van der Waals surface area contributed by atoms with Gasteiger partial charge in [-0.15, -0.1) is 0 Å². The Morgan fingerprint density at radius 2 is 1.17 bits per heavy atom. The van der Waals surface area contributed by atoms with Gasteiger partial charge < -0.3 is 25.4 Å². The number of nitrogens with one attached hydrogen (secondary N) is 1. The van der Waals surface area contributed by atoms with E-state index >= 15 is 0 Å². The van der Waals surface area contributed by atoms with E-state index in [0.29, 0.717) is 63.0 Å². The molecular formula is C46H55N5O6S2. The highest BCUT2D eigenvalue weighted by Crippen LogP contribution is 2.54. The quantitative estimate of drug-likeness (QED) is 0.168. The number of anilines is 2. The van der Waals surface area contributed by atoms with Gasteiger partial charge in [0.25, 0.3) is 0 Å². The summed E-state index contributed by atoms with van der Waals surface area (Å²) in [4.78, 5) is 29.1. The van der Waals surface area contributed by atoms with Gasteiger partial charge in [-0.1, -0.05) is 37.1 Å². The molecule has 1 saturated heterocycles. The number of nitrogens with two attached hydrogens (primary N) is 1. The van der Waals surface area contributed by atoms with Gasteiger partial charge in [0.2, 0.25) is 0 Å². The molecular weight excluding hydrogens is 783 g/mol. The number of hydrogen-bond donors (Lipinski definition) is 2. The van der Waals surface area contributed by atoms with E-state index in [1.165, 1.54) is 0 Å². The molecule has 2 saturated carbocycles. The molecule has 0 radical (unpaired) electrons. The predicted molar refractivity (Wildman–Crippen MR) is 235 cm³/mol. The lowest BCUT2D eigenvalue weighted by molar-refractivity contribution is -0.126. The monoisotopic (exact) mass is 837 g/mol. The van der Waals surface area contributed by atoms with Crippen LogP contribution in [0.2, 0.25) is 0 Å². The van der Waals surface area contributed by atoms with E-state index in [9.17, 15) is 18.0 Å². The number of hydrogen-bond acceptors (Lipinski definition) is 11. The first-order chi connectivity index (χ1) is 28.2. The van der Waals surface area contributed by atoms with Crippen LogP contribution in [-0.2, 0) is 52.7 Å². The van der Waals surface area contributed by atoms with Crippen LogP contribution in [0.3, 0.4) is 0 Å².